The minimum absolute atomic E-state index is 0.580. The van der Waals surface area contributed by atoms with Crippen LogP contribution in [0.4, 0.5) is 0 Å². The van der Waals surface area contributed by atoms with Crippen molar-refractivity contribution in [2.45, 2.75) is 42.6 Å². The molecule has 10 heavy (non-hydrogen) atoms. The van der Waals surface area contributed by atoms with Crippen LogP contribution in [0.3, 0.4) is 0 Å². The molecule has 0 atom stereocenters. The van der Waals surface area contributed by atoms with Gasteiger partial charge in [0.25, 0.3) is 0 Å². The van der Waals surface area contributed by atoms with Gasteiger partial charge >= 0.3 is 0 Å². The SMILES string of the molecule is CCOC1CCC(I)CC1. The lowest BCUT2D eigenvalue weighted by Crippen LogP contribution is -2.21. The van der Waals surface area contributed by atoms with Crippen LogP contribution < -0.4 is 0 Å². The molecule has 1 aliphatic rings. The molecule has 0 radical (unpaired) electrons. The summed E-state index contributed by atoms with van der Waals surface area (Å²) in [6.07, 6.45) is 5.84. The van der Waals surface area contributed by atoms with Gasteiger partial charge in [0, 0.05) is 10.5 Å². The molecule has 0 amide bonds. The van der Waals surface area contributed by atoms with E-state index in [-0.39, 0.29) is 0 Å². The monoisotopic (exact) mass is 254 g/mol. The topological polar surface area (TPSA) is 9.23 Å². The fourth-order valence-electron chi connectivity index (χ4n) is 1.42. The van der Waals surface area contributed by atoms with Crippen LogP contribution in [0.2, 0.25) is 0 Å². The van der Waals surface area contributed by atoms with Crippen LogP contribution in [0, 0.1) is 0 Å². The van der Waals surface area contributed by atoms with Crippen molar-refractivity contribution >= 4 is 22.6 Å². The van der Waals surface area contributed by atoms with E-state index in [1.807, 2.05) is 0 Å². The largest absolute Gasteiger partial charge is 0.379 e. The van der Waals surface area contributed by atoms with Crippen molar-refractivity contribution in [3.05, 3.63) is 0 Å². The third kappa shape index (κ3) is 2.74. The Kier molecular flexibility index (Phi) is 3.99. The van der Waals surface area contributed by atoms with E-state index in [4.69, 9.17) is 4.74 Å². The molecule has 0 N–H and O–H groups in total. The molecule has 0 aromatic rings. The molecule has 0 bridgehead atoms. The molecular formula is C8H15IO. The maximum absolute atomic E-state index is 5.53. The second-order valence-corrected chi connectivity index (χ2v) is 4.59. The van der Waals surface area contributed by atoms with E-state index in [1.54, 1.807) is 0 Å². The maximum atomic E-state index is 5.53. The van der Waals surface area contributed by atoms with Crippen molar-refractivity contribution in [3.8, 4) is 0 Å². The number of ether oxygens (including phenoxy) is 1. The van der Waals surface area contributed by atoms with Crippen LogP contribution in [0.1, 0.15) is 32.6 Å². The summed E-state index contributed by atoms with van der Waals surface area (Å²) in [6.45, 7) is 2.97. The van der Waals surface area contributed by atoms with E-state index in [0.29, 0.717) is 6.10 Å². The molecule has 0 unspecified atom stereocenters. The summed E-state index contributed by atoms with van der Waals surface area (Å²) < 4.78 is 6.44. The Balaban J connectivity index is 2.13. The summed E-state index contributed by atoms with van der Waals surface area (Å²) in [5.41, 5.74) is 0. The molecule has 1 nitrogen and oxygen atoms in total. The standard InChI is InChI=1S/C8H15IO/c1-2-10-8-5-3-7(9)4-6-8/h7-8H,2-6H2,1H3. The van der Waals surface area contributed by atoms with Gasteiger partial charge in [0.05, 0.1) is 6.10 Å². The van der Waals surface area contributed by atoms with Crippen molar-refractivity contribution in [2.24, 2.45) is 0 Å². The normalized spacial score (nSPS) is 34.2. The number of halogens is 1. The molecule has 60 valence electrons. The van der Waals surface area contributed by atoms with Gasteiger partial charge in [-0.1, -0.05) is 22.6 Å². The lowest BCUT2D eigenvalue weighted by atomic mass is 9.98. The third-order valence-corrected chi connectivity index (χ3v) is 3.25. The van der Waals surface area contributed by atoms with Crippen LogP contribution in [0.25, 0.3) is 0 Å². The minimum atomic E-state index is 0.580. The second-order valence-electron chi connectivity index (χ2n) is 2.83. The zero-order chi connectivity index (χ0) is 7.40. The number of hydrogen-bond donors (Lipinski definition) is 0. The average molecular weight is 254 g/mol. The van der Waals surface area contributed by atoms with Crippen LogP contribution in [-0.2, 0) is 4.74 Å². The number of alkyl halides is 1. The molecular weight excluding hydrogens is 239 g/mol. The van der Waals surface area contributed by atoms with Gasteiger partial charge in [-0.15, -0.1) is 0 Å². The van der Waals surface area contributed by atoms with Gasteiger partial charge in [0.2, 0.25) is 0 Å². The molecule has 0 aromatic heterocycles. The second kappa shape index (κ2) is 4.54. The molecule has 1 saturated carbocycles. The summed E-state index contributed by atoms with van der Waals surface area (Å²) in [5.74, 6) is 0. The Morgan fingerprint density at radius 1 is 1.30 bits per heavy atom. The summed E-state index contributed by atoms with van der Waals surface area (Å²) in [6, 6.07) is 0. The highest BCUT2D eigenvalue weighted by atomic mass is 127. The highest BCUT2D eigenvalue weighted by Crippen LogP contribution is 2.26. The molecule has 1 aliphatic carbocycles. The predicted molar refractivity (Wildman–Crippen MR) is 51.7 cm³/mol. The highest BCUT2D eigenvalue weighted by molar-refractivity contribution is 14.1. The predicted octanol–water partition coefficient (Wildman–Crippen LogP) is 2.77. The number of rotatable bonds is 2. The van der Waals surface area contributed by atoms with E-state index >= 15 is 0 Å². The van der Waals surface area contributed by atoms with E-state index < -0.39 is 0 Å². The zero-order valence-electron chi connectivity index (χ0n) is 6.48. The van der Waals surface area contributed by atoms with Gasteiger partial charge in [-0.05, 0) is 32.6 Å². The van der Waals surface area contributed by atoms with E-state index in [0.717, 1.165) is 10.5 Å². The average Bonchev–Trinajstić information content (AvgIpc) is 1.95. The van der Waals surface area contributed by atoms with Gasteiger partial charge in [-0.2, -0.15) is 0 Å². The minimum Gasteiger partial charge on any atom is -0.379 e. The third-order valence-electron chi connectivity index (χ3n) is 2.01. The summed E-state index contributed by atoms with van der Waals surface area (Å²) in [7, 11) is 0. The summed E-state index contributed by atoms with van der Waals surface area (Å²) >= 11 is 2.54. The molecule has 2 heteroatoms. The first-order chi connectivity index (χ1) is 4.83. The van der Waals surface area contributed by atoms with Crippen molar-refractivity contribution in [3.63, 3.8) is 0 Å². The molecule has 1 rings (SSSR count). The molecule has 1 fully saturated rings. The first-order valence-electron chi connectivity index (χ1n) is 4.08. The van der Waals surface area contributed by atoms with Gasteiger partial charge in [-0.25, -0.2) is 0 Å². The number of hydrogen-bond acceptors (Lipinski definition) is 1. The molecule has 0 heterocycles. The fraction of sp³-hybridized carbons (Fsp3) is 1.00. The Morgan fingerprint density at radius 2 is 1.90 bits per heavy atom. The lowest BCUT2D eigenvalue weighted by Gasteiger charge is -2.24. The lowest BCUT2D eigenvalue weighted by molar-refractivity contribution is 0.0387. The summed E-state index contributed by atoms with van der Waals surface area (Å²) in [5, 5.41) is 0. The Labute approximate surface area is 76.7 Å². The van der Waals surface area contributed by atoms with Crippen molar-refractivity contribution < 1.29 is 4.74 Å². The molecule has 0 aromatic carbocycles. The Hall–Kier alpha value is 0.690. The smallest absolute Gasteiger partial charge is 0.0575 e. The van der Waals surface area contributed by atoms with Crippen LogP contribution >= 0.6 is 22.6 Å². The van der Waals surface area contributed by atoms with Gasteiger partial charge in [-0.3, -0.25) is 0 Å². The Morgan fingerprint density at radius 3 is 2.40 bits per heavy atom. The van der Waals surface area contributed by atoms with Gasteiger partial charge < -0.3 is 4.74 Å². The van der Waals surface area contributed by atoms with Gasteiger partial charge in [0.1, 0.15) is 0 Å². The van der Waals surface area contributed by atoms with Gasteiger partial charge in [0.15, 0.2) is 0 Å². The molecule has 0 aliphatic heterocycles. The zero-order valence-corrected chi connectivity index (χ0v) is 8.63. The van der Waals surface area contributed by atoms with Crippen molar-refractivity contribution in [1.29, 1.82) is 0 Å². The highest BCUT2D eigenvalue weighted by Gasteiger charge is 2.18. The fourth-order valence-corrected chi connectivity index (χ4v) is 2.14. The van der Waals surface area contributed by atoms with Crippen LogP contribution in [0.15, 0.2) is 0 Å². The first-order valence-corrected chi connectivity index (χ1v) is 5.33. The first kappa shape index (κ1) is 8.78. The summed E-state index contributed by atoms with van der Waals surface area (Å²) in [4.78, 5) is 0. The van der Waals surface area contributed by atoms with Crippen LogP contribution in [0.5, 0.6) is 0 Å². The quantitative estimate of drug-likeness (QED) is 0.544. The maximum Gasteiger partial charge on any atom is 0.0575 e. The molecule has 0 spiro atoms. The van der Waals surface area contributed by atoms with Crippen LogP contribution in [-0.4, -0.2) is 16.6 Å². The van der Waals surface area contributed by atoms with E-state index in [2.05, 4.69) is 29.5 Å². The van der Waals surface area contributed by atoms with E-state index in [1.165, 1.54) is 25.7 Å². The Bertz CT molecular complexity index is 87.3. The van der Waals surface area contributed by atoms with Crippen molar-refractivity contribution in [1.82, 2.24) is 0 Å². The van der Waals surface area contributed by atoms with Crippen molar-refractivity contribution in [2.75, 3.05) is 6.61 Å². The molecule has 0 saturated heterocycles. The van der Waals surface area contributed by atoms with E-state index in [9.17, 15) is 0 Å².